The average molecular weight is 400 g/mol. The number of rotatable bonds is 6. The molecule has 1 aromatic heterocycles. The number of aryl methyl sites for hydroxylation is 2. The molecule has 0 bridgehead atoms. The third-order valence-electron chi connectivity index (χ3n) is 4.60. The number of halogens is 2. The highest BCUT2D eigenvalue weighted by molar-refractivity contribution is 7.98. The van der Waals surface area contributed by atoms with Gasteiger partial charge in [-0.05, 0) is 30.5 Å². The topological polar surface area (TPSA) is 34.9 Å². The molecule has 0 radical (unpaired) electrons. The van der Waals surface area contributed by atoms with E-state index in [0.717, 1.165) is 22.9 Å². The first-order valence-electron chi connectivity index (χ1n) is 9.10. The molecule has 0 saturated carbocycles. The maximum absolute atomic E-state index is 13.9. The van der Waals surface area contributed by atoms with Crippen molar-refractivity contribution in [2.24, 2.45) is 7.05 Å². The molecule has 0 saturated heterocycles. The summed E-state index contributed by atoms with van der Waals surface area (Å²) >= 11 is 1.27. The van der Waals surface area contributed by atoms with Gasteiger partial charge in [-0.2, -0.15) is 0 Å². The normalized spacial score (nSPS) is 11.0. The van der Waals surface area contributed by atoms with E-state index in [1.54, 1.807) is 7.05 Å². The molecule has 6 heteroatoms. The molecule has 0 N–H and O–H groups in total. The third-order valence-corrected chi connectivity index (χ3v) is 5.68. The zero-order valence-electron chi connectivity index (χ0n) is 16.1. The van der Waals surface area contributed by atoms with Crippen LogP contribution in [0.5, 0.6) is 0 Å². The van der Waals surface area contributed by atoms with Crippen LogP contribution in [0.15, 0.2) is 52.4 Å². The summed E-state index contributed by atoms with van der Waals surface area (Å²) < 4.78 is 28.5. The van der Waals surface area contributed by atoms with Gasteiger partial charge in [0.2, 0.25) is 0 Å². The zero-order valence-corrected chi connectivity index (χ0v) is 16.9. The van der Waals surface area contributed by atoms with Crippen LogP contribution in [-0.4, -0.2) is 9.55 Å². The van der Waals surface area contributed by atoms with E-state index >= 15 is 0 Å². The molecule has 28 heavy (non-hydrogen) atoms. The summed E-state index contributed by atoms with van der Waals surface area (Å²) in [5, 5.41) is 0.526. The zero-order chi connectivity index (χ0) is 20.3. The van der Waals surface area contributed by atoms with Gasteiger partial charge in [0.05, 0.1) is 5.69 Å². The molecule has 3 rings (SSSR count). The minimum Gasteiger partial charge on any atom is -0.291 e. The Morgan fingerprint density at radius 2 is 1.93 bits per heavy atom. The SMILES string of the molecule is CCc1nc(SCc2ccc(F)cc2F)n(C)c(=O)c1Cc1cccc(C)c1. The van der Waals surface area contributed by atoms with E-state index in [1.165, 1.54) is 28.5 Å². The Hall–Kier alpha value is -2.47. The van der Waals surface area contributed by atoms with Crippen LogP contribution in [0.1, 0.15) is 34.9 Å². The van der Waals surface area contributed by atoms with Gasteiger partial charge < -0.3 is 0 Å². The standard InChI is InChI=1S/C22H22F2N2OS/c1-4-20-18(11-15-7-5-6-14(2)10-15)21(27)26(3)22(25-20)28-13-16-8-9-17(23)12-19(16)24/h5-10,12H,4,11,13H2,1-3H3. The fraction of sp³-hybridized carbons (Fsp3) is 0.273. The van der Waals surface area contributed by atoms with E-state index in [0.29, 0.717) is 29.1 Å². The van der Waals surface area contributed by atoms with Gasteiger partial charge in [0.1, 0.15) is 11.6 Å². The van der Waals surface area contributed by atoms with Gasteiger partial charge in [0.15, 0.2) is 5.16 Å². The van der Waals surface area contributed by atoms with Gasteiger partial charge in [0, 0.05) is 30.9 Å². The molecule has 0 aliphatic rings. The van der Waals surface area contributed by atoms with E-state index < -0.39 is 11.6 Å². The van der Waals surface area contributed by atoms with Crippen molar-refractivity contribution in [2.45, 2.75) is 37.6 Å². The van der Waals surface area contributed by atoms with Gasteiger partial charge in [-0.3, -0.25) is 9.36 Å². The molecular formula is C22H22F2N2OS. The summed E-state index contributed by atoms with van der Waals surface area (Å²) in [5.74, 6) is -0.929. The monoisotopic (exact) mass is 400 g/mol. The molecule has 3 aromatic rings. The maximum atomic E-state index is 13.9. The molecule has 2 aromatic carbocycles. The minimum absolute atomic E-state index is 0.0876. The Kier molecular flexibility index (Phi) is 6.29. The van der Waals surface area contributed by atoms with Crippen LogP contribution < -0.4 is 5.56 Å². The minimum atomic E-state index is -0.606. The van der Waals surface area contributed by atoms with Crippen molar-refractivity contribution in [3.8, 4) is 0 Å². The first-order valence-corrected chi connectivity index (χ1v) is 10.1. The second kappa shape index (κ2) is 8.69. The van der Waals surface area contributed by atoms with Crippen LogP contribution in [0.2, 0.25) is 0 Å². The predicted octanol–water partition coefficient (Wildman–Crippen LogP) is 4.81. The predicted molar refractivity (Wildman–Crippen MR) is 109 cm³/mol. The smallest absolute Gasteiger partial charge is 0.257 e. The first-order chi connectivity index (χ1) is 13.4. The lowest BCUT2D eigenvalue weighted by Gasteiger charge is -2.14. The molecule has 146 valence electrons. The Morgan fingerprint density at radius 1 is 1.14 bits per heavy atom. The van der Waals surface area contributed by atoms with Crippen LogP contribution in [0, 0.1) is 18.6 Å². The number of benzene rings is 2. The molecular weight excluding hydrogens is 378 g/mol. The summed E-state index contributed by atoms with van der Waals surface area (Å²) in [6.07, 6.45) is 1.16. The van der Waals surface area contributed by atoms with Crippen molar-refractivity contribution >= 4 is 11.8 Å². The van der Waals surface area contributed by atoms with Crippen LogP contribution >= 0.6 is 11.8 Å². The third kappa shape index (κ3) is 4.50. The van der Waals surface area contributed by atoms with Crippen molar-refractivity contribution in [3.63, 3.8) is 0 Å². The Bertz CT molecular complexity index is 1060. The van der Waals surface area contributed by atoms with E-state index in [1.807, 2.05) is 32.0 Å². The van der Waals surface area contributed by atoms with Gasteiger partial charge in [-0.15, -0.1) is 0 Å². The summed E-state index contributed by atoms with van der Waals surface area (Å²) in [6.45, 7) is 3.99. The molecule has 1 heterocycles. The van der Waals surface area contributed by atoms with Crippen molar-refractivity contribution in [1.82, 2.24) is 9.55 Å². The van der Waals surface area contributed by atoms with Crippen molar-refractivity contribution in [3.05, 3.63) is 92.4 Å². The largest absolute Gasteiger partial charge is 0.291 e. The molecule has 0 atom stereocenters. The molecule has 0 unspecified atom stereocenters. The van der Waals surface area contributed by atoms with Gasteiger partial charge >= 0.3 is 0 Å². The summed E-state index contributed by atoms with van der Waals surface area (Å²) in [7, 11) is 1.68. The van der Waals surface area contributed by atoms with Crippen LogP contribution in [0.3, 0.4) is 0 Å². The summed E-state index contributed by atoms with van der Waals surface area (Å²) in [4.78, 5) is 17.6. The molecule has 0 spiro atoms. The number of aromatic nitrogens is 2. The highest BCUT2D eigenvalue weighted by Gasteiger charge is 2.15. The van der Waals surface area contributed by atoms with E-state index in [2.05, 4.69) is 11.1 Å². The molecule has 0 fully saturated rings. The van der Waals surface area contributed by atoms with Crippen LogP contribution in [-0.2, 0) is 25.6 Å². The highest BCUT2D eigenvalue weighted by Crippen LogP contribution is 2.23. The number of hydrogen-bond acceptors (Lipinski definition) is 3. The highest BCUT2D eigenvalue weighted by atomic mass is 32.2. The van der Waals surface area contributed by atoms with Gasteiger partial charge in [-0.1, -0.05) is 54.6 Å². The summed E-state index contributed by atoms with van der Waals surface area (Å²) in [6, 6.07) is 11.6. The van der Waals surface area contributed by atoms with Crippen molar-refractivity contribution in [2.75, 3.05) is 0 Å². The van der Waals surface area contributed by atoms with Crippen molar-refractivity contribution in [1.29, 1.82) is 0 Å². The van der Waals surface area contributed by atoms with Crippen LogP contribution in [0.25, 0.3) is 0 Å². The maximum Gasteiger partial charge on any atom is 0.257 e. The van der Waals surface area contributed by atoms with Crippen LogP contribution in [0.4, 0.5) is 8.78 Å². The fourth-order valence-electron chi connectivity index (χ4n) is 3.08. The lowest BCUT2D eigenvalue weighted by molar-refractivity contribution is 0.576. The first kappa shape index (κ1) is 20.3. The van der Waals surface area contributed by atoms with Crippen molar-refractivity contribution < 1.29 is 8.78 Å². The molecule has 0 amide bonds. The molecule has 0 aliphatic carbocycles. The lowest BCUT2D eigenvalue weighted by atomic mass is 10.0. The average Bonchev–Trinajstić information content (AvgIpc) is 2.66. The second-order valence-corrected chi connectivity index (χ2v) is 7.67. The van der Waals surface area contributed by atoms with Gasteiger partial charge in [0.25, 0.3) is 5.56 Å². The second-order valence-electron chi connectivity index (χ2n) is 6.73. The quantitative estimate of drug-likeness (QED) is 0.440. The molecule has 3 nitrogen and oxygen atoms in total. The number of thioether (sulfide) groups is 1. The Labute approximate surface area is 167 Å². The molecule has 0 aliphatic heterocycles. The Balaban J connectivity index is 1.89. The van der Waals surface area contributed by atoms with E-state index in [4.69, 9.17) is 0 Å². The fourth-order valence-corrected chi connectivity index (χ4v) is 4.05. The van der Waals surface area contributed by atoms with E-state index in [9.17, 15) is 13.6 Å². The summed E-state index contributed by atoms with van der Waals surface area (Å²) in [5.41, 5.74) is 3.95. The van der Waals surface area contributed by atoms with Gasteiger partial charge in [-0.25, -0.2) is 13.8 Å². The number of hydrogen-bond donors (Lipinski definition) is 0. The van der Waals surface area contributed by atoms with E-state index in [-0.39, 0.29) is 11.3 Å². The Morgan fingerprint density at radius 3 is 2.61 bits per heavy atom. The lowest BCUT2D eigenvalue weighted by Crippen LogP contribution is -2.26. The number of nitrogens with zero attached hydrogens (tertiary/aromatic N) is 2.